The lowest BCUT2D eigenvalue weighted by atomic mass is 10.1. The number of primary amides is 2. The lowest BCUT2D eigenvalue weighted by Gasteiger charge is -2.19. The van der Waals surface area contributed by atoms with Gasteiger partial charge in [-0.2, -0.15) is 0 Å². The van der Waals surface area contributed by atoms with Crippen LogP contribution in [0.25, 0.3) is 0 Å². The molecule has 2 aromatic carbocycles. The Bertz CT molecular complexity index is 841. The first-order valence-corrected chi connectivity index (χ1v) is 8.95. The maximum Gasteiger partial charge on any atom is 0.252 e. The van der Waals surface area contributed by atoms with Crippen LogP contribution in [0.3, 0.4) is 0 Å². The molecule has 2 atom stereocenters. The first kappa shape index (κ1) is 22.0. The Kier molecular flexibility index (Phi) is 7.81. The maximum atomic E-state index is 11.3. The minimum absolute atomic E-state index is 0.0371. The van der Waals surface area contributed by atoms with Gasteiger partial charge in [0, 0.05) is 6.54 Å². The van der Waals surface area contributed by atoms with Crippen molar-refractivity contribution in [1.82, 2.24) is 5.32 Å². The second-order valence-electron chi connectivity index (χ2n) is 6.46. The number of phenols is 1. The summed E-state index contributed by atoms with van der Waals surface area (Å²) in [4.78, 5) is 22.1. The molecule has 0 fully saturated rings. The molecule has 0 bridgehead atoms. The number of carbonyl (C=O) groups excluding carboxylic acids is 2. The molecule has 2 aromatic rings. The van der Waals surface area contributed by atoms with Gasteiger partial charge in [-0.05, 0) is 42.8 Å². The summed E-state index contributed by atoms with van der Waals surface area (Å²) in [6, 6.07) is 11.0. The van der Waals surface area contributed by atoms with E-state index in [1.807, 2.05) is 0 Å². The molecule has 0 heterocycles. The summed E-state index contributed by atoms with van der Waals surface area (Å²) < 4.78 is 11.1. The Morgan fingerprint density at radius 3 is 2.38 bits per heavy atom. The van der Waals surface area contributed by atoms with Gasteiger partial charge in [0.05, 0.1) is 12.0 Å². The SMILES string of the molecule is CC(NCC(O)COc1ccc(CC(N)=O)cc1)Oc1ccc(O)c(C(N)=O)c1. The van der Waals surface area contributed by atoms with Crippen LogP contribution in [0, 0.1) is 0 Å². The molecule has 0 saturated carbocycles. The molecular formula is C20H25N3O6. The van der Waals surface area contributed by atoms with Gasteiger partial charge in [-0.1, -0.05) is 12.1 Å². The van der Waals surface area contributed by atoms with Gasteiger partial charge in [-0.25, -0.2) is 0 Å². The van der Waals surface area contributed by atoms with Crippen LogP contribution in [0.15, 0.2) is 42.5 Å². The van der Waals surface area contributed by atoms with Crippen molar-refractivity contribution in [3.63, 3.8) is 0 Å². The summed E-state index contributed by atoms with van der Waals surface area (Å²) in [5.41, 5.74) is 11.1. The number of nitrogens with two attached hydrogens (primary N) is 2. The molecular weight excluding hydrogens is 378 g/mol. The van der Waals surface area contributed by atoms with Crippen molar-refractivity contribution in [2.24, 2.45) is 11.5 Å². The first-order valence-electron chi connectivity index (χ1n) is 8.95. The number of benzene rings is 2. The fourth-order valence-electron chi connectivity index (χ4n) is 2.49. The van der Waals surface area contributed by atoms with E-state index in [9.17, 15) is 19.8 Å². The van der Waals surface area contributed by atoms with Crippen LogP contribution in [0.5, 0.6) is 17.2 Å². The zero-order valence-electron chi connectivity index (χ0n) is 16.0. The predicted molar refractivity (Wildman–Crippen MR) is 106 cm³/mol. The summed E-state index contributed by atoms with van der Waals surface area (Å²) >= 11 is 0. The Labute approximate surface area is 168 Å². The average Bonchev–Trinajstić information content (AvgIpc) is 2.66. The number of ether oxygens (including phenoxy) is 2. The van der Waals surface area contributed by atoms with Gasteiger partial charge in [-0.3, -0.25) is 14.9 Å². The number of nitrogens with one attached hydrogen (secondary N) is 1. The van der Waals surface area contributed by atoms with Gasteiger partial charge in [0.2, 0.25) is 5.91 Å². The van der Waals surface area contributed by atoms with Crippen molar-refractivity contribution in [2.75, 3.05) is 13.2 Å². The van der Waals surface area contributed by atoms with Crippen molar-refractivity contribution in [2.45, 2.75) is 25.7 Å². The van der Waals surface area contributed by atoms with Crippen LogP contribution in [0.1, 0.15) is 22.8 Å². The standard InChI is InChI=1S/C20H25N3O6/c1-12(29-16-6-7-18(25)17(9-16)20(22)27)23-10-14(24)11-28-15-4-2-13(3-5-15)8-19(21)26/h2-7,9,12,14,23-25H,8,10-11H2,1H3,(H2,21,26)(H2,22,27). The Morgan fingerprint density at radius 1 is 1.10 bits per heavy atom. The summed E-state index contributed by atoms with van der Waals surface area (Å²) in [5.74, 6) is -0.484. The fourth-order valence-corrected chi connectivity index (χ4v) is 2.49. The molecule has 2 unspecified atom stereocenters. The summed E-state index contributed by atoms with van der Waals surface area (Å²) in [5, 5.41) is 22.6. The average molecular weight is 403 g/mol. The Balaban J connectivity index is 1.75. The molecule has 0 aliphatic carbocycles. The van der Waals surface area contributed by atoms with Crippen LogP contribution in [0.2, 0.25) is 0 Å². The van der Waals surface area contributed by atoms with Crippen LogP contribution >= 0.6 is 0 Å². The van der Waals surface area contributed by atoms with Crippen molar-refractivity contribution < 1.29 is 29.3 Å². The molecule has 29 heavy (non-hydrogen) atoms. The molecule has 0 radical (unpaired) electrons. The number of hydrogen-bond donors (Lipinski definition) is 5. The number of aliphatic hydroxyl groups is 1. The largest absolute Gasteiger partial charge is 0.507 e. The van der Waals surface area contributed by atoms with E-state index in [1.54, 1.807) is 31.2 Å². The zero-order valence-corrected chi connectivity index (χ0v) is 16.0. The second kappa shape index (κ2) is 10.3. The van der Waals surface area contributed by atoms with Gasteiger partial charge in [0.25, 0.3) is 5.91 Å². The minimum atomic E-state index is -0.799. The van der Waals surface area contributed by atoms with E-state index in [1.165, 1.54) is 18.2 Å². The lowest BCUT2D eigenvalue weighted by Crippen LogP contribution is -2.39. The van der Waals surface area contributed by atoms with Gasteiger partial charge < -0.3 is 31.2 Å². The van der Waals surface area contributed by atoms with Crippen LogP contribution in [-0.2, 0) is 11.2 Å². The summed E-state index contributed by atoms with van der Waals surface area (Å²) in [7, 11) is 0. The van der Waals surface area contributed by atoms with E-state index in [-0.39, 0.29) is 30.9 Å². The van der Waals surface area contributed by atoms with E-state index in [2.05, 4.69) is 5.32 Å². The molecule has 0 aromatic heterocycles. The highest BCUT2D eigenvalue weighted by Gasteiger charge is 2.12. The van der Waals surface area contributed by atoms with E-state index < -0.39 is 24.1 Å². The normalized spacial score (nSPS) is 12.8. The minimum Gasteiger partial charge on any atom is -0.507 e. The quantitative estimate of drug-likeness (QED) is 0.337. The number of amides is 2. The molecule has 9 heteroatoms. The highest BCUT2D eigenvalue weighted by Crippen LogP contribution is 2.23. The second-order valence-corrected chi connectivity index (χ2v) is 6.46. The molecule has 0 aliphatic rings. The topological polar surface area (TPSA) is 157 Å². The molecule has 156 valence electrons. The number of aliphatic hydroxyl groups excluding tert-OH is 1. The molecule has 7 N–H and O–H groups in total. The van der Waals surface area contributed by atoms with Crippen LogP contribution < -0.4 is 26.3 Å². The molecule has 9 nitrogen and oxygen atoms in total. The van der Waals surface area contributed by atoms with Crippen molar-refractivity contribution in [3.05, 3.63) is 53.6 Å². The predicted octanol–water partition coefficient (Wildman–Crippen LogP) is 0.273. The van der Waals surface area contributed by atoms with Crippen molar-refractivity contribution in [3.8, 4) is 17.2 Å². The number of carbonyl (C=O) groups is 2. The van der Waals surface area contributed by atoms with Gasteiger partial charge in [0.1, 0.15) is 36.2 Å². The summed E-state index contributed by atoms with van der Waals surface area (Å²) in [6.45, 7) is 1.98. The van der Waals surface area contributed by atoms with E-state index in [0.717, 1.165) is 5.56 Å². The van der Waals surface area contributed by atoms with E-state index in [0.29, 0.717) is 11.5 Å². The zero-order chi connectivity index (χ0) is 21.4. The van der Waals surface area contributed by atoms with Crippen molar-refractivity contribution in [1.29, 1.82) is 0 Å². The smallest absolute Gasteiger partial charge is 0.252 e. The summed E-state index contributed by atoms with van der Waals surface area (Å²) in [6.07, 6.45) is -1.12. The lowest BCUT2D eigenvalue weighted by molar-refractivity contribution is -0.117. The molecule has 2 amide bonds. The third-order valence-corrected chi connectivity index (χ3v) is 3.93. The van der Waals surface area contributed by atoms with Gasteiger partial charge >= 0.3 is 0 Å². The van der Waals surface area contributed by atoms with Crippen LogP contribution in [0.4, 0.5) is 0 Å². The van der Waals surface area contributed by atoms with Gasteiger partial charge in [0.15, 0.2) is 0 Å². The monoisotopic (exact) mass is 403 g/mol. The maximum absolute atomic E-state index is 11.3. The Morgan fingerprint density at radius 2 is 1.76 bits per heavy atom. The number of hydrogen-bond acceptors (Lipinski definition) is 7. The molecule has 0 spiro atoms. The van der Waals surface area contributed by atoms with Crippen molar-refractivity contribution >= 4 is 11.8 Å². The first-order chi connectivity index (χ1) is 13.7. The number of rotatable bonds is 11. The molecule has 2 rings (SSSR count). The fraction of sp³-hybridized carbons (Fsp3) is 0.300. The highest BCUT2D eigenvalue weighted by atomic mass is 16.5. The highest BCUT2D eigenvalue weighted by molar-refractivity contribution is 5.95. The molecule has 0 saturated heterocycles. The number of aromatic hydroxyl groups is 1. The Hall–Kier alpha value is -3.30. The van der Waals surface area contributed by atoms with Crippen LogP contribution in [-0.4, -0.2) is 47.5 Å². The van der Waals surface area contributed by atoms with E-state index in [4.69, 9.17) is 20.9 Å². The van der Waals surface area contributed by atoms with E-state index >= 15 is 0 Å². The van der Waals surface area contributed by atoms with Gasteiger partial charge in [-0.15, -0.1) is 0 Å². The molecule has 0 aliphatic heterocycles. The third kappa shape index (κ3) is 7.32. The third-order valence-electron chi connectivity index (χ3n) is 3.93.